The number of hydrogen-bond donors (Lipinski definition) is 2. The summed E-state index contributed by atoms with van der Waals surface area (Å²) >= 11 is 6.08. The Bertz CT molecular complexity index is 1210. The number of nitrogens with one attached hydrogen (secondary N) is 1. The highest BCUT2D eigenvalue weighted by Gasteiger charge is 2.28. The number of fused-ring (bicyclic) bond motifs is 1. The average molecular weight is 430 g/mol. The van der Waals surface area contributed by atoms with E-state index in [2.05, 4.69) is 4.72 Å². The monoisotopic (exact) mass is 429 g/mol. The summed E-state index contributed by atoms with van der Waals surface area (Å²) in [6.07, 6.45) is 0.558. The summed E-state index contributed by atoms with van der Waals surface area (Å²) < 4.78 is 34.1. The van der Waals surface area contributed by atoms with E-state index >= 15 is 0 Å². The normalized spacial score (nSPS) is 12.9. The van der Waals surface area contributed by atoms with Crippen LogP contribution in [0, 0.1) is 0 Å². The van der Waals surface area contributed by atoms with E-state index in [-0.39, 0.29) is 26.9 Å². The number of aromatic carboxylic acids is 1. The van der Waals surface area contributed by atoms with Crippen molar-refractivity contribution < 1.29 is 23.1 Å². The van der Waals surface area contributed by atoms with Gasteiger partial charge in [0.05, 0.1) is 17.9 Å². The number of sulfonamides is 1. The molecule has 0 fully saturated rings. The van der Waals surface area contributed by atoms with Crippen LogP contribution in [0.4, 0.5) is 5.69 Å². The molecule has 0 unspecified atom stereocenters. The van der Waals surface area contributed by atoms with Crippen LogP contribution in [0.15, 0.2) is 65.6 Å². The van der Waals surface area contributed by atoms with Gasteiger partial charge in [0.25, 0.3) is 10.0 Å². The Morgan fingerprint density at radius 1 is 1.03 bits per heavy atom. The Morgan fingerprint density at radius 2 is 1.79 bits per heavy atom. The van der Waals surface area contributed by atoms with E-state index in [1.165, 1.54) is 18.2 Å². The second-order valence-electron chi connectivity index (χ2n) is 6.53. The topological polar surface area (TPSA) is 92.7 Å². The molecule has 8 heteroatoms. The Kier molecular flexibility index (Phi) is 4.94. The molecule has 0 saturated heterocycles. The maximum atomic E-state index is 13.1. The van der Waals surface area contributed by atoms with Gasteiger partial charge in [0, 0.05) is 17.0 Å². The van der Waals surface area contributed by atoms with Gasteiger partial charge < -0.3 is 9.84 Å². The van der Waals surface area contributed by atoms with Crippen molar-refractivity contribution in [1.82, 2.24) is 0 Å². The molecule has 148 valence electrons. The molecule has 0 atom stereocenters. The minimum atomic E-state index is -4.14. The first-order valence-corrected chi connectivity index (χ1v) is 10.6. The van der Waals surface area contributed by atoms with Gasteiger partial charge in [-0.25, -0.2) is 13.2 Å². The number of carboxylic acids is 1. The first-order valence-electron chi connectivity index (χ1n) is 8.76. The third-order valence-electron chi connectivity index (χ3n) is 4.61. The van der Waals surface area contributed by atoms with Crippen molar-refractivity contribution in [2.24, 2.45) is 0 Å². The zero-order valence-electron chi connectivity index (χ0n) is 15.1. The SMILES string of the molecule is O=C(O)c1ccc(-c2ccccc2)cc1NS(=O)(=O)c1cc(Cl)cc2c1OCC2. The summed E-state index contributed by atoms with van der Waals surface area (Å²) in [7, 11) is -4.14. The van der Waals surface area contributed by atoms with Crippen molar-refractivity contribution in [3.8, 4) is 16.9 Å². The fourth-order valence-electron chi connectivity index (χ4n) is 3.26. The number of carbonyl (C=O) groups is 1. The van der Waals surface area contributed by atoms with Crippen molar-refractivity contribution >= 4 is 33.3 Å². The lowest BCUT2D eigenvalue weighted by molar-refractivity contribution is 0.0698. The molecule has 29 heavy (non-hydrogen) atoms. The molecule has 0 aromatic heterocycles. The number of anilines is 1. The first-order chi connectivity index (χ1) is 13.8. The van der Waals surface area contributed by atoms with E-state index in [1.807, 2.05) is 30.3 Å². The lowest BCUT2D eigenvalue weighted by Gasteiger charge is -2.15. The molecule has 0 bridgehead atoms. The summed E-state index contributed by atoms with van der Waals surface area (Å²) in [5.74, 6) is -0.993. The zero-order valence-corrected chi connectivity index (χ0v) is 16.6. The lowest BCUT2D eigenvalue weighted by atomic mass is 10.0. The Hall–Kier alpha value is -3.03. The Balaban J connectivity index is 1.80. The largest absolute Gasteiger partial charge is 0.492 e. The predicted octanol–water partition coefficient (Wildman–Crippen LogP) is 4.44. The number of ether oxygens (including phenoxy) is 1. The van der Waals surface area contributed by atoms with Crippen molar-refractivity contribution in [1.29, 1.82) is 0 Å². The van der Waals surface area contributed by atoms with Crippen molar-refractivity contribution in [2.45, 2.75) is 11.3 Å². The van der Waals surface area contributed by atoms with Gasteiger partial charge in [0.15, 0.2) is 0 Å². The zero-order chi connectivity index (χ0) is 20.6. The standard InChI is InChI=1S/C21H16ClNO5S/c22-16-10-15-8-9-28-20(15)19(12-16)29(26,27)23-18-11-14(6-7-17(18)21(24)25)13-4-2-1-3-5-13/h1-7,10-12,23H,8-9H2,(H,24,25). The molecule has 0 aliphatic carbocycles. The van der Waals surface area contributed by atoms with Crippen LogP contribution in [0.5, 0.6) is 5.75 Å². The Morgan fingerprint density at radius 3 is 2.52 bits per heavy atom. The molecule has 0 spiro atoms. The number of rotatable bonds is 5. The quantitative estimate of drug-likeness (QED) is 0.625. The van der Waals surface area contributed by atoms with E-state index < -0.39 is 16.0 Å². The van der Waals surface area contributed by atoms with Gasteiger partial charge in [-0.3, -0.25) is 4.72 Å². The smallest absolute Gasteiger partial charge is 0.337 e. The molecule has 1 heterocycles. The van der Waals surface area contributed by atoms with Gasteiger partial charge in [-0.05, 0) is 35.4 Å². The van der Waals surface area contributed by atoms with E-state index in [0.717, 1.165) is 5.56 Å². The minimum absolute atomic E-state index is 0.0365. The highest BCUT2D eigenvalue weighted by atomic mass is 35.5. The third kappa shape index (κ3) is 3.79. The van der Waals surface area contributed by atoms with E-state index in [4.69, 9.17) is 16.3 Å². The lowest BCUT2D eigenvalue weighted by Crippen LogP contribution is -2.16. The molecular formula is C21H16ClNO5S. The maximum absolute atomic E-state index is 13.1. The predicted molar refractivity (Wildman–Crippen MR) is 110 cm³/mol. The van der Waals surface area contributed by atoms with Gasteiger partial charge in [0.2, 0.25) is 0 Å². The molecule has 4 rings (SSSR count). The number of halogens is 1. The number of hydrogen-bond acceptors (Lipinski definition) is 4. The molecule has 3 aromatic rings. The molecular weight excluding hydrogens is 414 g/mol. The molecule has 1 aliphatic rings. The Labute approximate surface area is 172 Å². The van der Waals surface area contributed by atoms with Crippen LogP contribution >= 0.6 is 11.6 Å². The minimum Gasteiger partial charge on any atom is -0.492 e. The van der Waals surface area contributed by atoms with Gasteiger partial charge >= 0.3 is 5.97 Å². The van der Waals surface area contributed by atoms with Crippen LogP contribution in [-0.2, 0) is 16.4 Å². The summed E-state index contributed by atoms with van der Waals surface area (Å²) in [5.41, 5.74) is 2.02. The molecule has 3 aromatic carbocycles. The van der Waals surface area contributed by atoms with Crippen LogP contribution in [0.3, 0.4) is 0 Å². The van der Waals surface area contributed by atoms with E-state index in [1.54, 1.807) is 12.1 Å². The van der Waals surface area contributed by atoms with Gasteiger partial charge in [0.1, 0.15) is 10.6 Å². The number of carboxylic acid groups (broad SMARTS) is 1. The van der Waals surface area contributed by atoms with Crippen LogP contribution in [0.25, 0.3) is 11.1 Å². The highest BCUT2D eigenvalue weighted by Crippen LogP contribution is 2.37. The summed E-state index contributed by atoms with van der Waals surface area (Å²) in [5, 5.41) is 9.78. The second kappa shape index (κ2) is 7.42. The fourth-order valence-corrected chi connectivity index (χ4v) is 4.85. The molecule has 0 amide bonds. The fraction of sp³-hybridized carbons (Fsp3) is 0.0952. The van der Waals surface area contributed by atoms with Gasteiger partial charge in [-0.2, -0.15) is 0 Å². The van der Waals surface area contributed by atoms with Crippen LogP contribution < -0.4 is 9.46 Å². The van der Waals surface area contributed by atoms with Crippen molar-refractivity contribution in [3.05, 3.63) is 76.8 Å². The third-order valence-corrected chi connectivity index (χ3v) is 6.19. The van der Waals surface area contributed by atoms with Crippen molar-refractivity contribution in [3.63, 3.8) is 0 Å². The van der Waals surface area contributed by atoms with E-state index in [9.17, 15) is 18.3 Å². The average Bonchev–Trinajstić information content (AvgIpc) is 3.15. The molecule has 2 N–H and O–H groups in total. The van der Waals surface area contributed by atoms with Crippen LogP contribution in [0.1, 0.15) is 15.9 Å². The van der Waals surface area contributed by atoms with E-state index in [0.29, 0.717) is 24.2 Å². The first kappa shape index (κ1) is 19.3. The molecule has 0 radical (unpaired) electrons. The maximum Gasteiger partial charge on any atom is 0.337 e. The van der Waals surface area contributed by atoms with Crippen LogP contribution in [-0.4, -0.2) is 26.1 Å². The van der Waals surface area contributed by atoms with Gasteiger partial charge in [-0.15, -0.1) is 0 Å². The summed E-state index contributed by atoms with van der Waals surface area (Å²) in [6.45, 7) is 0.363. The summed E-state index contributed by atoms with van der Waals surface area (Å²) in [6, 6.07) is 16.7. The molecule has 6 nitrogen and oxygen atoms in total. The highest BCUT2D eigenvalue weighted by molar-refractivity contribution is 7.92. The van der Waals surface area contributed by atoms with Gasteiger partial charge in [-0.1, -0.05) is 48.0 Å². The van der Waals surface area contributed by atoms with Crippen LogP contribution in [0.2, 0.25) is 5.02 Å². The molecule has 0 saturated carbocycles. The van der Waals surface area contributed by atoms with Crippen molar-refractivity contribution in [2.75, 3.05) is 11.3 Å². The number of benzene rings is 3. The molecule has 1 aliphatic heterocycles. The second-order valence-corrected chi connectivity index (χ2v) is 8.61. The summed E-state index contributed by atoms with van der Waals surface area (Å²) in [4.78, 5) is 11.5.